The summed E-state index contributed by atoms with van der Waals surface area (Å²) in [6.45, 7) is 2.36. The monoisotopic (exact) mass is 408 g/mol. The van der Waals surface area contributed by atoms with E-state index in [1.807, 2.05) is 60.7 Å². The number of amides is 1. The predicted molar refractivity (Wildman–Crippen MR) is 113 cm³/mol. The highest BCUT2D eigenvalue weighted by atomic mass is 32.2. The lowest BCUT2D eigenvalue weighted by molar-refractivity contribution is -0.133. The lowest BCUT2D eigenvalue weighted by Crippen LogP contribution is -2.46. The molecule has 3 aromatic rings. The molecule has 0 radical (unpaired) electrons. The summed E-state index contributed by atoms with van der Waals surface area (Å²) in [6.07, 6.45) is 0. The third-order valence-electron chi connectivity index (χ3n) is 4.50. The summed E-state index contributed by atoms with van der Waals surface area (Å²) in [5, 5.41) is 0. The normalized spacial score (nSPS) is 12.3. The van der Waals surface area contributed by atoms with Crippen LogP contribution in [0.1, 0.15) is 18.1 Å². The minimum atomic E-state index is -3.78. The zero-order valence-corrected chi connectivity index (χ0v) is 17.0. The molecule has 0 fully saturated rings. The first-order chi connectivity index (χ1) is 14.0. The van der Waals surface area contributed by atoms with Crippen molar-refractivity contribution in [1.82, 2.24) is 9.62 Å². The molecule has 0 aliphatic carbocycles. The average Bonchev–Trinajstić information content (AvgIpc) is 2.74. The second-order valence-electron chi connectivity index (χ2n) is 6.82. The number of hydrogen-bond donors (Lipinski definition) is 1. The Bertz CT molecular complexity index is 982. The van der Waals surface area contributed by atoms with E-state index in [9.17, 15) is 13.2 Å². The summed E-state index contributed by atoms with van der Waals surface area (Å²) in [7, 11) is -3.78. The molecule has 29 heavy (non-hydrogen) atoms. The SMILES string of the molecule is C[C@@H](NS(=O)(=O)c1ccccc1)C(=O)N(Cc1ccccc1)Cc1ccccc1. The van der Waals surface area contributed by atoms with Crippen LogP contribution in [0, 0.1) is 0 Å². The van der Waals surface area contributed by atoms with Gasteiger partial charge in [-0.05, 0) is 30.2 Å². The van der Waals surface area contributed by atoms with Crippen molar-refractivity contribution in [2.24, 2.45) is 0 Å². The molecule has 0 heterocycles. The molecule has 3 rings (SSSR count). The summed E-state index contributed by atoms with van der Waals surface area (Å²) in [6, 6.07) is 26.5. The van der Waals surface area contributed by atoms with Crippen LogP contribution < -0.4 is 4.72 Å². The van der Waals surface area contributed by atoms with Gasteiger partial charge in [0.1, 0.15) is 0 Å². The molecule has 0 aliphatic heterocycles. The van der Waals surface area contributed by atoms with Crippen LogP contribution in [0.2, 0.25) is 0 Å². The van der Waals surface area contributed by atoms with Gasteiger partial charge in [0.2, 0.25) is 15.9 Å². The minimum Gasteiger partial charge on any atom is -0.333 e. The number of benzene rings is 3. The maximum atomic E-state index is 13.2. The highest BCUT2D eigenvalue weighted by molar-refractivity contribution is 7.89. The van der Waals surface area contributed by atoms with Crippen molar-refractivity contribution in [2.45, 2.75) is 31.0 Å². The smallest absolute Gasteiger partial charge is 0.241 e. The van der Waals surface area contributed by atoms with Crippen molar-refractivity contribution in [1.29, 1.82) is 0 Å². The van der Waals surface area contributed by atoms with E-state index in [-0.39, 0.29) is 10.8 Å². The third-order valence-corrected chi connectivity index (χ3v) is 6.06. The summed E-state index contributed by atoms with van der Waals surface area (Å²) in [5.41, 5.74) is 1.96. The first kappa shape index (κ1) is 20.8. The standard InChI is InChI=1S/C23H24N2O3S/c1-19(24-29(27,28)22-15-9-4-10-16-22)23(26)25(17-20-11-5-2-6-12-20)18-21-13-7-3-8-14-21/h2-16,19,24H,17-18H2,1H3/t19-/m1/s1. The molecule has 150 valence electrons. The first-order valence-electron chi connectivity index (χ1n) is 9.40. The van der Waals surface area contributed by atoms with Gasteiger partial charge in [-0.15, -0.1) is 0 Å². The number of rotatable bonds is 8. The van der Waals surface area contributed by atoms with Crippen LogP contribution in [0.3, 0.4) is 0 Å². The molecule has 0 aliphatic rings. The van der Waals surface area contributed by atoms with E-state index in [0.29, 0.717) is 13.1 Å². The van der Waals surface area contributed by atoms with Crippen molar-refractivity contribution in [3.8, 4) is 0 Å². The molecule has 0 aromatic heterocycles. The van der Waals surface area contributed by atoms with E-state index in [2.05, 4.69) is 4.72 Å². The van der Waals surface area contributed by atoms with Crippen molar-refractivity contribution in [3.05, 3.63) is 102 Å². The topological polar surface area (TPSA) is 66.5 Å². The minimum absolute atomic E-state index is 0.136. The first-order valence-corrected chi connectivity index (χ1v) is 10.9. The number of nitrogens with one attached hydrogen (secondary N) is 1. The fraction of sp³-hybridized carbons (Fsp3) is 0.174. The lowest BCUT2D eigenvalue weighted by Gasteiger charge is -2.26. The van der Waals surface area contributed by atoms with Crippen LogP contribution in [0.15, 0.2) is 95.9 Å². The maximum Gasteiger partial charge on any atom is 0.241 e. The van der Waals surface area contributed by atoms with Crippen LogP contribution in [0.25, 0.3) is 0 Å². The van der Waals surface area contributed by atoms with E-state index in [4.69, 9.17) is 0 Å². The van der Waals surface area contributed by atoms with Crippen molar-refractivity contribution >= 4 is 15.9 Å². The van der Waals surface area contributed by atoms with Crippen molar-refractivity contribution in [3.63, 3.8) is 0 Å². The average molecular weight is 409 g/mol. The number of nitrogens with zero attached hydrogens (tertiary/aromatic N) is 1. The van der Waals surface area contributed by atoms with Gasteiger partial charge in [-0.3, -0.25) is 4.79 Å². The van der Waals surface area contributed by atoms with E-state index < -0.39 is 16.1 Å². The van der Waals surface area contributed by atoms with E-state index >= 15 is 0 Å². The maximum absolute atomic E-state index is 13.2. The van der Waals surface area contributed by atoms with Gasteiger partial charge in [0, 0.05) is 13.1 Å². The van der Waals surface area contributed by atoms with Gasteiger partial charge in [0.25, 0.3) is 0 Å². The Morgan fingerprint density at radius 2 is 1.21 bits per heavy atom. The molecule has 1 atom stereocenters. The van der Waals surface area contributed by atoms with Gasteiger partial charge < -0.3 is 4.90 Å². The molecule has 0 saturated heterocycles. The van der Waals surface area contributed by atoms with Gasteiger partial charge in [0.15, 0.2) is 0 Å². The van der Waals surface area contributed by atoms with Crippen LogP contribution in [-0.2, 0) is 27.9 Å². The molecule has 6 heteroatoms. The predicted octanol–water partition coefficient (Wildman–Crippen LogP) is 3.58. The van der Waals surface area contributed by atoms with Crippen LogP contribution in [0.4, 0.5) is 0 Å². The fourth-order valence-electron chi connectivity index (χ4n) is 3.04. The Balaban J connectivity index is 1.79. The summed E-state index contributed by atoms with van der Waals surface area (Å²) < 4.78 is 27.7. The largest absolute Gasteiger partial charge is 0.333 e. The Kier molecular flexibility index (Phi) is 6.80. The third kappa shape index (κ3) is 5.76. The highest BCUT2D eigenvalue weighted by Crippen LogP contribution is 2.14. The molecule has 0 spiro atoms. The van der Waals surface area contributed by atoms with Crippen molar-refractivity contribution < 1.29 is 13.2 Å². The molecule has 1 amide bonds. The number of carbonyl (C=O) groups excluding carboxylic acids is 1. The Morgan fingerprint density at radius 1 is 0.793 bits per heavy atom. The van der Waals surface area contributed by atoms with Crippen LogP contribution in [0.5, 0.6) is 0 Å². The highest BCUT2D eigenvalue weighted by Gasteiger charge is 2.26. The van der Waals surface area contributed by atoms with Gasteiger partial charge in [0.05, 0.1) is 10.9 Å². The number of sulfonamides is 1. The quantitative estimate of drug-likeness (QED) is 0.620. The van der Waals surface area contributed by atoms with Crippen LogP contribution >= 0.6 is 0 Å². The molecule has 0 unspecified atom stereocenters. The van der Waals surface area contributed by atoms with E-state index in [1.54, 1.807) is 30.0 Å². The Morgan fingerprint density at radius 3 is 1.66 bits per heavy atom. The summed E-state index contributed by atoms with van der Waals surface area (Å²) in [5.74, 6) is -0.280. The number of carbonyl (C=O) groups is 1. The molecule has 5 nitrogen and oxygen atoms in total. The van der Waals surface area contributed by atoms with Gasteiger partial charge in [-0.1, -0.05) is 78.9 Å². The summed E-state index contributed by atoms with van der Waals surface area (Å²) in [4.78, 5) is 15.0. The van der Waals surface area contributed by atoms with Gasteiger partial charge in [-0.2, -0.15) is 4.72 Å². The summed E-state index contributed by atoms with van der Waals surface area (Å²) >= 11 is 0. The molecule has 0 bridgehead atoms. The lowest BCUT2D eigenvalue weighted by atomic mass is 10.1. The van der Waals surface area contributed by atoms with E-state index in [1.165, 1.54) is 12.1 Å². The van der Waals surface area contributed by atoms with Gasteiger partial charge >= 0.3 is 0 Å². The second-order valence-corrected chi connectivity index (χ2v) is 8.54. The fourth-order valence-corrected chi connectivity index (χ4v) is 4.26. The zero-order chi connectivity index (χ0) is 20.7. The molecular weight excluding hydrogens is 384 g/mol. The van der Waals surface area contributed by atoms with Crippen molar-refractivity contribution in [2.75, 3.05) is 0 Å². The van der Waals surface area contributed by atoms with Crippen LogP contribution in [-0.4, -0.2) is 25.3 Å². The number of hydrogen-bond acceptors (Lipinski definition) is 3. The molecular formula is C23H24N2O3S. The zero-order valence-electron chi connectivity index (χ0n) is 16.2. The second kappa shape index (κ2) is 9.49. The molecule has 1 N–H and O–H groups in total. The molecule has 0 saturated carbocycles. The Labute approximate surface area is 172 Å². The van der Waals surface area contributed by atoms with E-state index in [0.717, 1.165) is 11.1 Å². The molecule has 3 aromatic carbocycles. The van der Waals surface area contributed by atoms with Gasteiger partial charge in [-0.25, -0.2) is 8.42 Å². The Hall–Kier alpha value is -2.96.